The second-order valence-electron chi connectivity index (χ2n) is 8.32. The SMILES string of the molecule is O=C(COC(=O)c1cccc(N2C(=O)[C@@H]3[C@@H](C2=O)[C@H]2C=C[C@H]3C2)c1)Nc1ccc(Cl)c(Cl)c1. The predicted molar refractivity (Wildman–Crippen MR) is 122 cm³/mol. The van der Waals surface area contributed by atoms with Crippen LogP contribution < -0.4 is 10.2 Å². The lowest BCUT2D eigenvalue weighted by Gasteiger charge is -2.18. The van der Waals surface area contributed by atoms with Crippen molar-refractivity contribution in [1.29, 1.82) is 0 Å². The lowest BCUT2D eigenvalue weighted by Crippen LogP contribution is -2.33. The van der Waals surface area contributed by atoms with E-state index >= 15 is 0 Å². The van der Waals surface area contributed by atoms with Crippen molar-refractivity contribution in [2.45, 2.75) is 6.42 Å². The summed E-state index contributed by atoms with van der Waals surface area (Å²) < 4.78 is 5.10. The largest absolute Gasteiger partial charge is 0.452 e. The molecule has 1 saturated heterocycles. The van der Waals surface area contributed by atoms with Crippen molar-refractivity contribution in [1.82, 2.24) is 0 Å². The van der Waals surface area contributed by atoms with E-state index in [1.165, 1.54) is 29.2 Å². The highest BCUT2D eigenvalue weighted by molar-refractivity contribution is 6.42. The number of esters is 1. The molecule has 0 unspecified atom stereocenters. The van der Waals surface area contributed by atoms with Crippen molar-refractivity contribution in [3.05, 3.63) is 70.2 Å². The summed E-state index contributed by atoms with van der Waals surface area (Å²) in [7, 11) is 0. The van der Waals surface area contributed by atoms with Gasteiger partial charge in [-0.25, -0.2) is 9.69 Å². The number of allylic oxidation sites excluding steroid dienone is 2. The zero-order chi connectivity index (χ0) is 23.3. The Balaban J connectivity index is 1.24. The van der Waals surface area contributed by atoms with E-state index in [1.807, 2.05) is 12.2 Å². The molecular weight excluding hydrogens is 467 g/mol. The maximum atomic E-state index is 13.0. The number of fused-ring (bicyclic) bond motifs is 5. The summed E-state index contributed by atoms with van der Waals surface area (Å²) in [5, 5.41) is 3.19. The van der Waals surface area contributed by atoms with Crippen LogP contribution in [0.5, 0.6) is 0 Å². The van der Waals surface area contributed by atoms with Crippen molar-refractivity contribution >= 4 is 58.3 Å². The van der Waals surface area contributed by atoms with E-state index in [2.05, 4.69) is 5.32 Å². The number of hydrogen-bond acceptors (Lipinski definition) is 5. The monoisotopic (exact) mass is 484 g/mol. The van der Waals surface area contributed by atoms with Gasteiger partial charge in [0.25, 0.3) is 5.91 Å². The maximum Gasteiger partial charge on any atom is 0.338 e. The van der Waals surface area contributed by atoms with Crippen molar-refractivity contribution in [3.8, 4) is 0 Å². The van der Waals surface area contributed by atoms with Crippen LogP contribution in [0.1, 0.15) is 16.8 Å². The summed E-state index contributed by atoms with van der Waals surface area (Å²) in [5.41, 5.74) is 0.870. The zero-order valence-corrected chi connectivity index (χ0v) is 18.7. The summed E-state index contributed by atoms with van der Waals surface area (Å²) in [4.78, 5) is 51.8. The molecule has 168 valence electrons. The number of rotatable bonds is 5. The lowest BCUT2D eigenvalue weighted by atomic mass is 9.85. The summed E-state index contributed by atoms with van der Waals surface area (Å²) in [5.74, 6) is -2.21. The number of carbonyl (C=O) groups is 4. The minimum Gasteiger partial charge on any atom is -0.452 e. The highest BCUT2D eigenvalue weighted by Gasteiger charge is 2.59. The molecule has 0 spiro atoms. The van der Waals surface area contributed by atoms with Crippen LogP contribution in [-0.4, -0.2) is 30.3 Å². The second-order valence-corrected chi connectivity index (χ2v) is 9.13. The smallest absolute Gasteiger partial charge is 0.338 e. The van der Waals surface area contributed by atoms with Gasteiger partial charge < -0.3 is 10.1 Å². The fourth-order valence-electron chi connectivity index (χ4n) is 4.91. The molecule has 3 amide bonds. The maximum absolute atomic E-state index is 13.0. The van der Waals surface area contributed by atoms with E-state index in [1.54, 1.807) is 18.2 Å². The molecule has 1 heterocycles. The normalized spacial score (nSPS) is 24.8. The highest BCUT2D eigenvalue weighted by atomic mass is 35.5. The molecule has 5 rings (SSSR count). The van der Waals surface area contributed by atoms with Crippen molar-refractivity contribution in [2.24, 2.45) is 23.7 Å². The van der Waals surface area contributed by atoms with Gasteiger partial charge in [0.1, 0.15) is 0 Å². The molecule has 7 nitrogen and oxygen atoms in total. The fraction of sp³-hybridized carbons (Fsp3) is 0.250. The number of imide groups is 1. The molecule has 0 radical (unpaired) electrons. The van der Waals surface area contributed by atoms with E-state index < -0.39 is 18.5 Å². The van der Waals surface area contributed by atoms with Crippen LogP contribution in [-0.2, 0) is 19.1 Å². The van der Waals surface area contributed by atoms with E-state index in [-0.39, 0.29) is 46.1 Å². The molecule has 1 saturated carbocycles. The van der Waals surface area contributed by atoms with Crippen LogP contribution in [0.3, 0.4) is 0 Å². The Labute approximate surface area is 199 Å². The van der Waals surface area contributed by atoms with Gasteiger partial charge in [0.15, 0.2) is 6.61 Å². The first-order valence-electron chi connectivity index (χ1n) is 10.4. The average Bonchev–Trinajstić information content (AvgIpc) is 3.48. The molecule has 2 aromatic carbocycles. The van der Waals surface area contributed by atoms with Gasteiger partial charge >= 0.3 is 5.97 Å². The molecule has 0 aromatic heterocycles. The topological polar surface area (TPSA) is 92.8 Å². The molecule has 1 aliphatic heterocycles. The van der Waals surface area contributed by atoms with Gasteiger partial charge in [-0.3, -0.25) is 14.4 Å². The number of nitrogens with zero attached hydrogens (tertiary/aromatic N) is 1. The van der Waals surface area contributed by atoms with Gasteiger partial charge in [0, 0.05) is 5.69 Å². The van der Waals surface area contributed by atoms with Gasteiger partial charge in [-0.05, 0) is 54.7 Å². The third kappa shape index (κ3) is 3.81. The number of benzene rings is 2. The third-order valence-electron chi connectivity index (χ3n) is 6.35. The Bertz CT molecular complexity index is 1200. The average molecular weight is 485 g/mol. The Morgan fingerprint density at radius 3 is 2.33 bits per heavy atom. The summed E-state index contributed by atoms with van der Waals surface area (Å²) in [6, 6.07) is 10.7. The third-order valence-corrected chi connectivity index (χ3v) is 7.09. The summed E-state index contributed by atoms with van der Waals surface area (Å²) in [6.07, 6.45) is 4.89. The number of amides is 3. The number of halogens is 2. The Morgan fingerprint density at radius 1 is 0.970 bits per heavy atom. The molecule has 2 aliphatic carbocycles. The van der Waals surface area contributed by atoms with Crippen molar-refractivity contribution in [2.75, 3.05) is 16.8 Å². The molecule has 2 fully saturated rings. The van der Waals surface area contributed by atoms with Crippen LogP contribution in [0.4, 0.5) is 11.4 Å². The first-order chi connectivity index (χ1) is 15.8. The van der Waals surface area contributed by atoms with Crippen LogP contribution in [0.25, 0.3) is 0 Å². The van der Waals surface area contributed by atoms with Crippen LogP contribution in [0, 0.1) is 23.7 Å². The standard InChI is InChI=1S/C24H18Cl2N2O5/c25-17-7-6-15(10-18(17)26)27-19(29)11-33-24(32)14-2-1-3-16(9-14)28-22(30)20-12-4-5-13(8-12)21(20)23(28)31/h1-7,9-10,12-13,20-21H,8,11H2,(H,27,29)/t12-,13-,20-,21-/m0/s1. The van der Waals surface area contributed by atoms with E-state index in [4.69, 9.17) is 27.9 Å². The van der Waals surface area contributed by atoms with E-state index in [9.17, 15) is 19.2 Å². The number of hydrogen-bond donors (Lipinski definition) is 1. The number of carbonyl (C=O) groups excluding carboxylic acids is 4. The molecule has 1 N–H and O–H groups in total. The fourth-order valence-corrected chi connectivity index (χ4v) is 5.21. The second kappa shape index (κ2) is 8.32. The molecule has 9 heteroatoms. The number of anilines is 2. The van der Waals surface area contributed by atoms with Gasteiger partial charge in [-0.2, -0.15) is 0 Å². The molecule has 2 bridgehead atoms. The van der Waals surface area contributed by atoms with Crippen LogP contribution >= 0.6 is 23.2 Å². The number of ether oxygens (including phenoxy) is 1. The number of nitrogens with one attached hydrogen (secondary N) is 1. The van der Waals surface area contributed by atoms with Crippen LogP contribution in [0.15, 0.2) is 54.6 Å². The minimum atomic E-state index is -0.748. The van der Waals surface area contributed by atoms with Gasteiger partial charge in [0.05, 0.1) is 33.1 Å². The van der Waals surface area contributed by atoms with Crippen molar-refractivity contribution in [3.63, 3.8) is 0 Å². The van der Waals surface area contributed by atoms with E-state index in [0.29, 0.717) is 16.4 Å². The Kier molecular flexibility index (Phi) is 5.46. The van der Waals surface area contributed by atoms with Crippen molar-refractivity contribution < 1.29 is 23.9 Å². The van der Waals surface area contributed by atoms with Gasteiger partial charge in [0.2, 0.25) is 11.8 Å². The summed E-state index contributed by atoms with van der Waals surface area (Å²) >= 11 is 11.8. The Hall–Kier alpha value is -3.16. The molecule has 33 heavy (non-hydrogen) atoms. The first kappa shape index (κ1) is 21.7. The highest BCUT2D eigenvalue weighted by Crippen LogP contribution is 2.53. The predicted octanol–water partition coefficient (Wildman–Crippen LogP) is 4.10. The molecule has 3 aliphatic rings. The van der Waals surface area contributed by atoms with Gasteiger partial charge in [-0.1, -0.05) is 41.4 Å². The molecular formula is C24H18Cl2N2O5. The minimum absolute atomic E-state index is 0.101. The lowest BCUT2D eigenvalue weighted by molar-refractivity contribution is -0.123. The first-order valence-corrected chi connectivity index (χ1v) is 11.2. The zero-order valence-electron chi connectivity index (χ0n) is 17.2. The Morgan fingerprint density at radius 2 is 1.67 bits per heavy atom. The van der Waals surface area contributed by atoms with E-state index in [0.717, 1.165) is 6.42 Å². The quantitative estimate of drug-likeness (QED) is 0.391. The van der Waals surface area contributed by atoms with Gasteiger partial charge in [-0.15, -0.1) is 0 Å². The van der Waals surface area contributed by atoms with Crippen LogP contribution in [0.2, 0.25) is 10.0 Å². The summed E-state index contributed by atoms with van der Waals surface area (Å²) in [6.45, 7) is -0.524. The molecule has 4 atom stereocenters. The molecule has 2 aromatic rings.